The second kappa shape index (κ2) is 12.0. The topological polar surface area (TPSA) is 99.5 Å². The van der Waals surface area contributed by atoms with Gasteiger partial charge in [0.15, 0.2) is 0 Å². The summed E-state index contributed by atoms with van der Waals surface area (Å²) in [5.41, 5.74) is 7.39. The SMILES string of the molecule is O=C(Cc1cccs1)Nc1cccc(-c2nc3ccccn3c2-c2ccnc(Nc3ccc(N4CCC5(CCNC5)C4)cc3)n2)c1. The molecule has 4 aromatic heterocycles. The van der Waals surface area contributed by atoms with Crippen molar-refractivity contribution in [2.24, 2.45) is 5.41 Å². The molecule has 1 unspecified atom stereocenters. The van der Waals surface area contributed by atoms with E-state index >= 15 is 0 Å². The van der Waals surface area contributed by atoms with Gasteiger partial charge in [-0.25, -0.2) is 15.0 Å². The van der Waals surface area contributed by atoms with Crippen molar-refractivity contribution in [3.63, 3.8) is 0 Å². The number of pyridine rings is 1. The standard InChI is InChI=1S/C36H34N8OS/c45-32(22-29-7-4-20-46-29)39-27-6-3-5-25(21-27)33-34(44-18-2-1-8-31(44)42-33)30-13-16-38-35(41-30)40-26-9-11-28(12-10-26)43-19-15-36(24-43)14-17-37-23-36/h1-13,16,18,20-21,37H,14-15,17,19,22-24H2,(H,39,45)(H,38,40,41). The maximum Gasteiger partial charge on any atom is 0.229 e. The van der Waals surface area contributed by atoms with E-state index in [0.717, 1.165) is 70.7 Å². The van der Waals surface area contributed by atoms with Gasteiger partial charge in [-0.3, -0.25) is 9.20 Å². The van der Waals surface area contributed by atoms with Crippen molar-refractivity contribution in [2.75, 3.05) is 41.7 Å². The van der Waals surface area contributed by atoms with Crippen LogP contribution in [-0.4, -0.2) is 51.4 Å². The summed E-state index contributed by atoms with van der Waals surface area (Å²) in [6.45, 7) is 4.48. The molecule has 1 atom stereocenters. The molecule has 2 aliphatic heterocycles. The van der Waals surface area contributed by atoms with Gasteiger partial charge in [0.25, 0.3) is 0 Å². The quantitative estimate of drug-likeness (QED) is 0.174. The number of anilines is 4. The number of nitrogens with zero attached hydrogens (tertiary/aromatic N) is 5. The minimum Gasteiger partial charge on any atom is -0.371 e. The number of hydrogen-bond donors (Lipinski definition) is 3. The maximum atomic E-state index is 12.7. The van der Waals surface area contributed by atoms with E-state index in [1.54, 1.807) is 17.5 Å². The number of hydrogen-bond acceptors (Lipinski definition) is 8. The number of benzene rings is 2. The summed E-state index contributed by atoms with van der Waals surface area (Å²) >= 11 is 1.58. The van der Waals surface area contributed by atoms with E-state index in [0.29, 0.717) is 17.8 Å². The smallest absolute Gasteiger partial charge is 0.229 e. The van der Waals surface area contributed by atoms with Crippen LogP contribution in [0.15, 0.2) is 103 Å². The first-order chi connectivity index (χ1) is 22.6. The zero-order chi connectivity index (χ0) is 30.9. The van der Waals surface area contributed by atoms with Crippen LogP contribution < -0.4 is 20.9 Å². The van der Waals surface area contributed by atoms with E-state index in [9.17, 15) is 4.79 Å². The van der Waals surface area contributed by atoms with Gasteiger partial charge in [-0.2, -0.15) is 0 Å². The highest BCUT2D eigenvalue weighted by molar-refractivity contribution is 7.10. The second-order valence-corrected chi connectivity index (χ2v) is 13.2. The molecular formula is C36H34N8OS. The van der Waals surface area contributed by atoms with Gasteiger partial charge in [0.05, 0.1) is 23.5 Å². The highest BCUT2D eigenvalue weighted by Gasteiger charge is 2.40. The third kappa shape index (κ3) is 5.73. The van der Waals surface area contributed by atoms with Crippen LogP contribution in [0.1, 0.15) is 17.7 Å². The Kier molecular flexibility index (Phi) is 7.43. The van der Waals surface area contributed by atoms with Gasteiger partial charge in [0.2, 0.25) is 11.9 Å². The molecule has 1 spiro atoms. The number of imidazole rings is 1. The highest BCUT2D eigenvalue weighted by Crippen LogP contribution is 2.38. The molecule has 6 aromatic rings. The van der Waals surface area contributed by atoms with Gasteiger partial charge < -0.3 is 20.9 Å². The molecule has 3 N–H and O–H groups in total. The first kappa shape index (κ1) is 28.4. The molecule has 230 valence electrons. The second-order valence-electron chi connectivity index (χ2n) is 12.2. The first-order valence-corrected chi connectivity index (χ1v) is 16.5. The first-order valence-electron chi connectivity index (χ1n) is 15.7. The van der Waals surface area contributed by atoms with Gasteiger partial charge in [0.1, 0.15) is 5.65 Å². The van der Waals surface area contributed by atoms with Crippen LogP contribution in [0.25, 0.3) is 28.3 Å². The number of aromatic nitrogens is 4. The monoisotopic (exact) mass is 626 g/mol. The number of amides is 1. The fourth-order valence-electron chi connectivity index (χ4n) is 6.70. The maximum absolute atomic E-state index is 12.7. The minimum absolute atomic E-state index is 0.0511. The van der Waals surface area contributed by atoms with Gasteiger partial charge >= 0.3 is 0 Å². The molecule has 0 saturated carbocycles. The lowest BCUT2D eigenvalue weighted by Crippen LogP contribution is -2.29. The molecule has 9 nitrogen and oxygen atoms in total. The Bertz CT molecular complexity index is 2000. The Morgan fingerprint density at radius 3 is 2.74 bits per heavy atom. The van der Waals surface area contributed by atoms with Crippen molar-refractivity contribution in [3.05, 3.63) is 108 Å². The largest absolute Gasteiger partial charge is 0.371 e. The van der Waals surface area contributed by atoms with E-state index in [-0.39, 0.29) is 5.91 Å². The van der Waals surface area contributed by atoms with Crippen LogP contribution in [0.3, 0.4) is 0 Å². The summed E-state index contributed by atoms with van der Waals surface area (Å²) in [6, 6.07) is 28.1. The lowest BCUT2D eigenvalue weighted by Gasteiger charge is -2.24. The molecular weight excluding hydrogens is 593 g/mol. The van der Waals surface area contributed by atoms with Crippen LogP contribution in [0.4, 0.5) is 23.0 Å². The van der Waals surface area contributed by atoms with Crippen LogP contribution in [0, 0.1) is 5.41 Å². The van der Waals surface area contributed by atoms with Crippen LogP contribution in [0.5, 0.6) is 0 Å². The molecule has 8 rings (SSSR count). The molecule has 10 heteroatoms. The molecule has 2 aliphatic rings. The van der Waals surface area contributed by atoms with Crippen molar-refractivity contribution < 1.29 is 4.79 Å². The number of rotatable bonds is 8. The van der Waals surface area contributed by atoms with Crippen molar-refractivity contribution in [2.45, 2.75) is 19.3 Å². The summed E-state index contributed by atoms with van der Waals surface area (Å²) in [4.78, 5) is 30.7. The third-order valence-electron chi connectivity index (χ3n) is 9.02. The summed E-state index contributed by atoms with van der Waals surface area (Å²) in [5.74, 6) is 0.457. The summed E-state index contributed by atoms with van der Waals surface area (Å²) in [7, 11) is 0. The van der Waals surface area contributed by atoms with Crippen LogP contribution >= 0.6 is 11.3 Å². The molecule has 46 heavy (non-hydrogen) atoms. The molecule has 2 fully saturated rings. The van der Waals surface area contributed by atoms with Gasteiger partial charge in [-0.1, -0.05) is 24.3 Å². The summed E-state index contributed by atoms with van der Waals surface area (Å²) < 4.78 is 2.04. The van der Waals surface area contributed by atoms with Crippen molar-refractivity contribution in [1.82, 2.24) is 24.7 Å². The zero-order valence-electron chi connectivity index (χ0n) is 25.3. The molecule has 2 aromatic carbocycles. The number of carbonyl (C=O) groups excluding carboxylic acids is 1. The highest BCUT2D eigenvalue weighted by atomic mass is 32.1. The predicted octanol–water partition coefficient (Wildman–Crippen LogP) is 6.63. The lowest BCUT2D eigenvalue weighted by atomic mass is 9.86. The molecule has 0 aliphatic carbocycles. The van der Waals surface area contributed by atoms with Crippen molar-refractivity contribution in [3.8, 4) is 22.6 Å². The molecule has 2 saturated heterocycles. The summed E-state index contributed by atoms with van der Waals surface area (Å²) in [5, 5.41) is 12.0. The minimum atomic E-state index is -0.0511. The number of nitrogens with one attached hydrogen (secondary N) is 3. The third-order valence-corrected chi connectivity index (χ3v) is 9.90. The van der Waals surface area contributed by atoms with Gasteiger partial charge in [-0.05, 0) is 85.4 Å². The van der Waals surface area contributed by atoms with E-state index in [4.69, 9.17) is 9.97 Å². The Morgan fingerprint density at radius 1 is 0.957 bits per heavy atom. The van der Waals surface area contributed by atoms with E-state index in [1.165, 1.54) is 18.5 Å². The Labute approximate surface area is 271 Å². The van der Waals surface area contributed by atoms with E-state index < -0.39 is 0 Å². The van der Waals surface area contributed by atoms with Crippen LogP contribution in [0.2, 0.25) is 0 Å². The van der Waals surface area contributed by atoms with Gasteiger partial charge in [0, 0.05) is 64.9 Å². The molecule has 0 radical (unpaired) electrons. The molecule has 6 heterocycles. The van der Waals surface area contributed by atoms with E-state index in [2.05, 4.69) is 50.1 Å². The average Bonchev–Trinajstić information content (AvgIpc) is 3.90. The Hall–Kier alpha value is -5.06. The zero-order valence-corrected chi connectivity index (χ0v) is 26.1. The van der Waals surface area contributed by atoms with Gasteiger partial charge in [-0.15, -0.1) is 11.3 Å². The Balaban J connectivity index is 1.05. The molecule has 0 bridgehead atoms. The summed E-state index contributed by atoms with van der Waals surface area (Å²) in [6.07, 6.45) is 6.62. The number of fused-ring (bicyclic) bond motifs is 1. The van der Waals surface area contributed by atoms with Crippen LogP contribution in [-0.2, 0) is 11.2 Å². The van der Waals surface area contributed by atoms with Crippen molar-refractivity contribution in [1.29, 1.82) is 0 Å². The number of carbonyl (C=O) groups is 1. The normalized spacial score (nSPS) is 17.6. The van der Waals surface area contributed by atoms with E-state index in [1.807, 2.05) is 76.6 Å². The fourth-order valence-corrected chi connectivity index (χ4v) is 7.40. The molecule has 1 amide bonds. The lowest BCUT2D eigenvalue weighted by molar-refractivity contribution is -0.115. The van der Waals surface area contributed by atoms with Crippen molar-refractivity contribution >= 4 is 45.9 Å². The predicted molar refractivity (Wildman–Crippen MR) is 185 cm³/mol. The number of thiophene rings is 1. The Morgan fingerprint density at radius 2 is 1.89 bits per heavy atom. The fraction of sp³-hybridized carbons (Fsp3) is 0.222. The average molecular weight is 627 g/mol.